The molecule has 0 fully saturated rings. The average Bonchev–Trinajstić information content (AvgIpc) is 2.79. The van der Waals surface area contributed by atoms with Gasteiger partial charge in [0.15, 0.2) is 5.16 Å². The Morgan fingerprint density at radius 1 is 1.21 bits per heavy atom. The van der Waals surface area contributed by atoms with Crippen LogP contribution in [-0.4, -0.2) is 40.5 Å². The van der Waals surface area contributed by atoms with Crippen LogP contribution in [0.5, 0.6) is 5.75 Å². The highest BCUT2D eigenvalue weighted by atomic mass is 35.5. The molecule has 1 N–H and O–H groups in total. The fourth-order valence-corrected chi connectivity index (χ4v) is 4.33. The molecule has 1 atom stereocenters. The number of carbonyl (C=O) groups excluding carboxylic acids is 1. The van der Waals surface area contributed by atoms with Crippen LogP contribution in [0.1, 0.15) is 27.2 Å². The first-order valence-electron chi connectivity index (χ1n) is 10.9. The fraction of sp³-hybridized carbons (Fsp3) is 0.375. The second-order valence-corrected chi connectivity index (χ2v) is 8.99. The zero-order chi connectivity index (χ0) is 23.8. The van der Waals surface area contributed by atoms with Gasteiger partial charge < -0.3 is 14.8 Å². The molecule has 0 saturated heterocycles. The van der Waals surface area contributed by atoms with Crippen molar-refractivity contribution in [2.24, 2.45) is 0 Å². The van der Waals surface area contributed by atoms with Gasteiger partial charge in [-0.3, -0.25) is 14.2 Å². The highest BCUT2D eigenvalue weighted by Crippen LogP contribution is 2.28. The minimum absolute atomic E-state index is 0.162. The molecule has 1 amide bonds. The number of fused-ring (bicyclic) bond motifs is 1. The highest BCUT2D eigenvalue weighted by Gasteiger charge is 2.20. The molecule has 2 aromatic carbocycles. The van der Waals surface area contributed by atoms with Gasteiger partial charge in [0.1, 0.15) is 5.75 Å². The van der Waals surface area contributed by atoms with E-state index in [-0.39, 0.29) is 11.5 Å². The third kappa shape index (κ3) is 6.50. The first kappa shape index (κ1) is 25.1. The lowest BCUT2D eigenvalue weighted by Gasteiger charge is -2.17. The smallest absolute Gasteiger partial charge is 0.262 e. The van der Waals surface area contributed by atoms with E-state index in [4.69, 9.17) is 21.1 Å². The number of carbonyl (C=O) groups is 1. The highest BCUT2D eigenvalue weighted by molar-refractivity contribution is 8.00. The van der Waals surface area contributed by atoms with E-state index in [1.165, 1.54) is 11.8 Å². The molecule has 0 spiro atoms. The molecule has 1 unspecified atom stereocenters. The maximum atomic E-state index is 13.2. The predicted octanol–water partition coefficient (Wildman–Crippen LogP) is 4.99. The lowest BCUT2D eigenvalue weighted by Crippen LogP contribution is -2.27. The maximum Gasteiger partial charge on any atom is 0.262 e. The standard InChI is InChI=1S/C24H28ClN3O4S/c1-4-31-14-8-13-28-23(30)18-12-11-17(25)15-20(18)27-24(28)33-16(3)22(29)26-19-9-6-7-10-21(19)32-5-2/h6-7,9-12,15-16H,4-5,8,13-14H2,1-3H3,(H,26,29). The Labute approximate surface area is 202 Å². The summed E-state index contributed by atoms with van der Waals surface area (Å²) in [6, 6.07) is 12.3. The molecule has 1 heterocycles. The summed E-state index contributed by atoms with van der Waals surface area (Å²) in [4.78, 5) is 30.8. The zero-order valence-corrected chi connectivity index (χ0v) is 20.5. The number of thioether (sulfide) groups is 1. The normalized spacial score (nSPS) is 12.0. The number of nitrogens with one attached hydrogen (secondary N) is 1. The number of hydrogen-bond acceptors (Lipinski definition) is 6. The molecule has 176 valence electrons. The minimum atomic E-state index is -0.513. The first-order valence-corrected chi connectivity index (χ1v) is 12.2. The van der Waals surface area contributed by atoms with Crippen LogP contribution in [0, 0.1) is 0 Å². The van der Waals surface area contributed by atoms with Gasteiger partial charge >= 0.3 is 0 Å². The monoisotopic (exact) mass is 489 g/mol. The number of benzene rings is 2. The van der Waals surface area contributed by atoms with E-state index >= 15 is 0 Å². The van der Waals surface area contributed by atoms with Crippen molar-refractivity contribution in [3.05, 3.63) is 57.8 Å². The minimum Gasteiger partial charge on any atom is -0.492 e. The second-order valence-electron chi connectivity index (χ2n) is 7.24. The maximum absolute atomic E-state index is 13.2. The Balaban J connectivity index is 1.86. The molecule has 0 aliphatic heterocycles. The summed E-state index contributed by atoms with van der Waals surface area (Å²) >= 11 is 7.35. The molecule has 33 heavy (non-hydrogen) atoms. The SMILES string of the molecule is CCOCCCn1c(SC(C)C(=O)Nc2ccccc2OCC)nc2cc(Cl)ccc2c1=O. The Morgan fingerprint density at radius 3 is 2.76 bits per heavy atom. The number of ether oxygens (including phenoxy) is 2. The largest absolute Gasteiger partial charge is 0.492 e. The van der Waals surface area contributed by atoms with Crippen molar-refractivity contribution in [1.29, 1.82) is 0 Å². The molecule has 0 bridgehead atoms. The van der Waals surface area contributed by atoms with Gasteiger partial charge in [0.25, 0.3) is 5.56 Å². The summed E-state index contributed by atoms with van der Waals surface area (Å²) in [5.74, 6) is 0.394. The quantitative estimate of drug-likeness (QED) is 0.232. The number of hydrogen-bond donors (Lipinski definition) is 1. The van der Waals surface area contributed by atoms with Crippen molar-refractivity contribution in [3.8, 4) is 5.75 Å². The number of amides is 1. The van der Waals surface area contributed by atoms with E-state index in [2.05, 4.69) is 10.3 Å². The Morgan fingerprint density at radius 2 is 2.00 bits per heavy atom. The van der Waals surface area contributed by atoms with Gasteiger partial charge in [-0.2, -0.15) is 0 Å². The third-order valence-corrected chi connectivity index (χ3v) is 6.18. The fourth-order valence-electron chi connectivity index (χ4n) is 3.23. The molecule has 0 radical (unpaired) electrons. The van der Waals surface area contributed by atoms with Crippen LogP contribution < -0.4 is 15.6 Å². The van der Waals surface area contributed by atoms with Gasteiger partial charge in [-0.25, -0.2) is 4.98 Å². The van der Waals surface area contributed by atoms with E-state index in [1.807, 2.05) is 32.0 Å². The van der Waals surface area contributed by atoms with E-state index in [0.717, 1.165) is 0 Å². The van der Waals surface area contributed by atoms with Gasteiger partial charge in [-0.05, 0) is 57.5 Å². The molecule has 0 saturated carbocycles. The Kier molecular flexibility index (Phi) is 9.17. The zero-order valence-electron chi connectivity index (χ0n) is 19.0. The molecule has 9 heteroatoms. The average molecular weight is 490 g/mol. The molecule has 3 aromatic rings. The number of anilines is 1. The van der Waals surface area contributed by atoms with Gasteiger partial charge in [0.2, 0.25) is 5.91 Å². The van der Waals surface area contributed by atoms with Crippen LogP contribution in [0.25, 0.3) is 10.9 Å². The van der Waals surface area contributed by atoms with Crippen LogP contribution in [-0.2, 0) is 16.1 Å². The topological polar surface area (TPSA) is 82.4 Å². The summed E-state index contributed by atoms with van der Waals surface area (Å²) < 4.78 is 12.6. The Bertz CT molecular complexity index is 1170. The molecule has 0 aliphatic carbocycles. The van der Waals surface area contributed by atoms with Crippen LogP contribution in [0.2, 0.25) is 5.02 Å². The lowest BCUT2D eigenvalue weighted by atomic mass is 10.2. The molecular weight excluding hydrogens is 462 g/mol. The Hall–Kier alpha value is -2.55. The number of aromatic nitrogens is 2. The number of halogens is 1. The van der Waals surface area contributed by atoms with Gasteiger partial charge in [-0.1, -0.05) is 35.5 Å². The van der Waals surface area contributed by atoms with Crippen LogP contribution in [0.4, 0.5) is 5.69 Å². The summed E-state index contributed by atoms with van der Waals surface area (Å²) in [6.45, 7) is 7.69. The summed E-state index contributed by atoms with van der Waals surface area (Å²) in [6.07, 6.45) is 0.657. The summed E-state index contributed by atoms with van der Waals surface area (Å²) in [5, 5.41) is 3.85. The van der Waals surface area contributed by atoms with E-state index in [1.54, 1.807) is 35.8 Å². The first-order chi connectivity index (χ1) is 15.9. The van der Waals surface area contributed by atoms with E-state index in [0.29, 0.717) is 65.3 Å². The van der Waals surface area contributed by atoms with Crippen molar-refractivity contribution >= 4 is 45.9 Å². The molecule has 7 nitrogen and oxygen atoms in total. The predicted molar refractivity (Wildman–Crippen MR) is 134 cm³/mol. The number of nitrogens with zero attached hydrogens (tertiary/aromatic N) is 2. The lowest BCUT2D eigenvalue weighted by molar-refractivity contribution is -0.115. The molecule has 3 rings (SSSR count). The van der Waals surface area contributed by atoms with E-state index < -0.39 is 5.25 Å². The molecule has 0 aliphatic rings. The van der Waals surface area contributed by atoms with E-state index in [9.17, 15) is 9.59 Å². The molecule has 1 aromatic heterocycles. The van der Waals surface area contributed by atoms with Crippen molar-refractivity contribution in [2.45, 2.75) is 44.1 Å². The summed E-state index contributed by atoms with van der Waals surface area (Å²) in [5.41, 5.74) is 0.944. The van der Waals surface area contributed by atoms with Gasteiger partial charge in [0, 0.05) is 24.8 Å². The van der Waals surface area contributed by atoms with Crippen molar-refractivity contribution < 1.29 is 14.3 Å². The van der Waals surface area contributed by atoms with Gasteiger partial charge in [0.05, 0.1) is 28.4 Å². The summed E-state index contributed by atoms with van der Waals surface area (Å²) in [7, 11) is 0. The molecular formula is C24H28ClN3O4S. The van der Waals surface area contributed by atoms with Crippen molar-refractivity contribution in [3.63, 3.8) is 0 Å². The van der Waals surface area contributed by atoms with Crippen LogP contribution in [0.3, 0.4) is 0 Å². The third-order valence-electron chi connectivity index (χ3n) is 4.85. The van der Waals surface area contributed by atoms with Gasteiger partial charge in [-0.15, -0.1) is 0 Å². The number of rotatable bonds is 11. The van der Waals surface area contributed by atoms with Crippen LogP contribution in [0.15, 0.2) is 52.4 Å². The van der Waals surface area contributed by atoms with Crippen molar-refractivity contribution in [1.82, 2.24) is 9.55 Å². The number of para-hydroxylation sites is 2. The second kappa shape index (κ2) is 12.1. The van der Waals surface area contributed by atoms with Crippen molar-refractivity contribution in [2.75, 3.05) is 25.1 Å². The van der Waals surface area contributed by atoms with Crippen LogP contribution >= 0.6 is 23.4 Å².